The number of carbonyl (C=O) groups is 1. The van der Waals surface area contributed by atoms with E-state index in [1.807, 2.05) is 0 Å². The molecule has 1 amide bonds. The minimum Gasteiger partial charge on any atom is -0.497 e. The maximum absolute atomic E-state index is 12.3. The van der Waals surface area contributed by atoms with E-state index < -0.39 is 0 Å². The average molecular weight is 335 g/mol. The van der Waals surface area contributed by atoms with E-state index in [-0.39, 0.29) is 11.9 Å². The predicted octanol–water partition coefficient (Wildman–Crippen LogP) is 3.21. The number of hydrogen-bond donors (Lipinski definition) is 2. The normalized spacial score (nSPS) is 11.8. The molecule has 0 saturated heterocycles. The highest BCUT2D eigenvalue weighted by atomic mass is 32.1. The maximum Gasteiger partial charge on any atom is 0.275 e. The monoisotopic (exact) mass is 335 g/mol. The van der Waals surface area contributed by atoms with E-state index in [1.54, 1.807) is 37.8 Å². The molecule has 0 bridgehead atoms. The van der Waals surface area contributed by atoms with Crippen LogP contribution in [0, 0.1) is 0 Å². The van der Waals surface area contributed by atoms with Crippen LogP contribution < -0.4 is 20.5 Å². The first kappa shape index (κ1) is 17.2. The molecule has 0 aliphatic carbocycles. The molecule has 1 aromatic carbocycles. The number of nitrogens with two attached hydrogens (primary N) is 1. The average Bonchev–Trinajstić information content (AvgIpc) is 3.05. The number of thiazole rings is 1. The van der Waals surface area contributed by atoms with Crippen molar-refractivity contribution in [1.82, 2.24) is 4.98 Å². The minimum absolute atomic E-state index is 0.122. The third kappa shape index (κ3) is 4.43. The highest BCUT2D eigenvalue weighted by Crippen LogP contribution is 2.26. The number of hydrogen-bond acceptors (Lipinski definition) is 6. The summed E-state index contributed by atoms with van der Waals surface area (Å²) in [4.78, 5) is 16.6. The van der Waals surface area contributed by atoms with Crippen LogP contribution in [0.3, 0.4) is 0 Å². The van der Waals surface area contributed by atoms with Crippen molar-refractivity contribution in [3.63, 3.8) is 0 Å². The largest absolute Gasteiger partial charge is 0.497 e. The summed E-state index contributed by atoms with van der Waals surface area (Å²) < 4.78 is 10.4. The standard InChI is InChI=1S/C16H21N3O3S/c1-4-5-13(17)16-19-14(9-23-16)15(20)18-10-6-11(21-2)8-12(7-10)22-3/h6-9,13H,4-5,17H2,1-3H3,(H,18,20). The van der Waals surface area contributed by atoms with Gasteiger partial charge in [0.05, 0.1) is 20.3 Å². The van der Waals surface area contributed by atoms with Crippen LogP contribution >= 0.6 is 11.3 Å². The molecule has 1 aromatic heterocycles. The topological polar surface area (TPSA) is 86.5 Å². The van der Waals surface area contributed by atoms with Crippen molar-refractivity contribution in [2.45, 2.75) is 25.8 Å². The van der Waals surface area contributed by atoms with Crippen LogP contribution in [-0.4, -0.2) is 25.1 Å². The lowest BCUT2D eigenvalue weighted by molar-refractivity contribution is 0.102. The zero-order chi connectivity index (χ0) is 16.8. The lowest BCUT2D eigenvalue weighted by Crippen LogP contribution is -2.14. The van der Waals surface area contributed by atoms with Crippen LogP contribution in [0.15, 0.2) is 23.6 Å². The van der Waals surface area contributed by atoms with E-state index in [0.717, 1.165) is 17.8 Å². The highest BCUT2D eigenvalue weighted by Gasteiger charge is 2.15. The molecule has 23 heavy (non-hydrogen) atoms. The Morgan fingerprint density at radius 3 is 2.52 bits per heavy atom. The zero-order valence-corrected chi connectivity index (χ0v) is 14.3. The molecule has 124 valence electrons. The predicted molar refractivity (Wildman–Crippen MR) is 91.4 cm³/mol. The molecule has 0 saturated carbocycles. The van der Waals surface area contributed by atoms with Crippen molar-refractivity contribution >= 4 is 22.9 Å². The summed E-state index contributed by atoms with van der Waals surface area (Å²) >= 11 is 1.41. The number of aromatic nitrogens is 1. The number of ether oxygens (including phenoxy) is 2. The van der Waals surface area contributed by atoms with Gasteiger partial charge in [0.15, 0.2) is 0 Å². The van der Waals surface area contributed by atoms with Crippen LogP contribution in [0.25, 0.3) is 0 Å². The number of anilines is 1. The molecule has 2 rings (SSSR count). The van der Waals surface area contributed by atoms with Gasteiger partial charge in [-0.3, -0.25) is 4.79 Å². The first-order chi connectivity index (χ1) is 11.1. The van der Waals surface area contributed by atoms with Gasteiger partial charge < -0.3 is 20.5 Å². The molecule has 6 nitrogen and oxygen atoms in total. The summed E-state index contributed by atoms with van der Waals surface area (Å²) in [5, 5.41) is 5.29. The van der Waals surface area contributed by atoms with Crippen LogP contribution in [0.1, 0.15) is 41.3 Å². The second-order valence-corrected chi connectivity index (χ2v) is 5.91. The summed E-state index contributed by atoms with van der Waals surface area (Å²) in [7, 11) is 3.12. The second kappa shape index (κ2) is 7.94. The SMILES string of the molecule is CCCC(N)c1nc(C(=O)Nc2cc(OC)cc(OC)c2)cs1. The Balaban J connectivity index is 2.13. The molecule has 3 N–H and O–H groups in total. The number of nitrogens with zero attached hydrogens (tertiary/aromatic N) is 1. The number of carbonyl (C=O) groups excluding carboxylic acids is 1. The molecule has 1 atom stereocenters. The molecule has 0 fully saturated rings. The number of benzene rings is 1. The first-order valence-electron chi connectivity index (χ1n) is 7.32. The Kier molecular flexibility index (Phi) is 5.95. The van der Waals surface area contributed by atoms with E-state index in [1.165, 1.54) is 11.3 Å². The maximum atomic E-state index is 12.3. The van der Waals surface area contributed by atoms with Gasteiger partial charge in [-0.1, -0.05) is 13.3 Å². The van der Waals surface area contributed by atoms with Crippen molar-refractivity contribution in [3.05, 3.63) is 34.3 Å². The minimum atomic E-state index is -0.286. The van der Waals surface area contributed by atoms with Crippen LogP contribution in [0.4, 0.5) is 5.69 Å². The van der Waals surface area contributed by atoms with E-state index in [0.29, 0.717) is 22.9 Å². The Morgan fingerprint density at radius 1 is 1.30 bits per heavy atom. The molecule has 0 radical (unpaired) electrons. The number of nitrogens with one attached hydrogen (secondary N) is 1. The molecular weight excluding hydrogens is 314 g/mol. The highest BCUT2D eigenvalue weighted by molar-refractivity contribution is 7.09. The van der Waals surface area contributed by atoms with Crippen LogP contribution in [0.2, 0.25) is 0 Å². The van der Waals surface area contributed by atoms with Gasteiger partial charge in [0.25, 0.3) is 5.91 Å². The summed E-state index contributed by atoms with van der Waals surface area (Å²) in [6, 6.07) is 5.05. The molecule has 1 heterocycles. The van der Waals surface area contributed by atoms with E-state index in [4.69, 9.17) is 15.2 Å². The lowest BCUT2D eigenvalue weighted by atomic mass is 10.2. The third-order valence-corrected chi connectivity index (χ3v) is 4.26. The summed E-state index contributed by atoms with van der Waals surface area (Å²) in [5.41, 5.74) is 6.97. The Hall–Kier alpha value is -2.12. The second-order valence-electron chi connectivity index (χ2n) is 5.02. The van der Waals surface area contributed by atoms with Gasteiger partial charge in [-0.25, -0.2) is 4.98 Å². The lowest BCUT2D eigenvalue weighted by Gasteiger charge is -2.09. The van der Waals surface area contributed by atoms with E-state index in [2.05, 4.69) is 17.2 Å². The van der Waals surface area contributed by atoms with Crippen molar-refractivity contribution in [2.24, 2.45) is 5.73 Å². The van der Waals surface area contributed by atoms with Gasteiger partial charge >= 0.3 is 0 Å². The Bertz CT molecular complexity index is 650. The first-order valence-corrected chi connectivity index (χ1v) is 8.20. The van der Waals surface area contributed by atoms with E-state index in [9.17, 15) is 4.79 Å². The number of rotatable bonds is 7. The molecule has 0 aliphatic heterocycles. The number of methoxy groups -OCH3 is 2. The van der Waals surface area contributed by atoms with Gasteiger partial charge in [0.2, 0.25) is 0 Å². The zero-order valence-electron chi connectivity index (χ0n) is 13.5. The Morgan fingerprint density at radius 2 is 1.96 bits per heavy atom. The van der Waals surface area contributed by atoms with E-state index >= 15 is 0 Å². The molecule has 7 heteroatoms. The molecule has 1 unspecified atom stereocenters. The number of amides is 1. The van der Waals surface area contributed by atoms with Crippen molar-refractivity contribution in [3.8, 4) is 11.5 Å². The fourth-order valence-corrected chi connectivity index (χ4v) is 2.91. The summed E-state index contributed by atoms with van der Waals surface area (Å²) in [6.07, 6.45) is 1.83. The smallest absolute Gasteiger partial charge is 0.275 e. The quantitative estimate of drug-likeness (QED) is 0.811. The fraction of sp³-hybridized carbons (Fsp3) is 0.375. The summed E-state index contributed by atoms with van der Waals surface area (Å²) in [6.45, 7) is 2.07. The molecule has 2 aromatic rings. The Labute approximate surface area is 139 Å². The van der Waals surface area contributed by atoms with Crippen molar-refractivity contribution in [2.75, 3.05) is 19.5 Å². The fourth-order valence-electron chi connectivity index (χ4n) is 2.07. The van der Waals surface area contributed by atoms with Gasteiger partial charge in [-0.05, 0) is 6.42 Å². The molecule has 0 aliphatic rings. The van der Waals surface area contributed by atoms with Crippen LogP contribution in [-0.2, 0) is 0 Å². The van der Waals surface area contributed by atoms with Crippen LogP contribution in [0.5, 0.6) is 11.5 Å². The van der Waals surface area contributed by atoms with Gasteiger partial charge in [0, 0.05) is 29.3 Å². The third-order valence-electron chi connectivity index (χ3n) is 3.28. The van der Waals surface area contributed by atoms with Gasteiger partial charge in [0.1, 0.15) is 22.2 Å². The van der Waals surface area contributed by atoms with Crippen molar-refractivity contribution in [1.29, 1.82) is 0 Å². The van der Waals surface area contributed by atoms with Crippen molar-refractivity contribution < 1.29 is 14.3 Å². The summed E-state index contributed by atoms with van der Waals surface area (Å²) in [5.74, 6) is 0.915. The van der Waals surface area contributed by atoms with Gasteiger partial charge in [-0.2, -0.15) is 0 Å². The van der Waals surface area contributed by atoms with Gasteiger partial charge in [-0.15, -0.1) is 11.3 Å². The molecular formula is C16H21N3O3S. The molecule has 0 spiro atoms.